The van der Waals surface area contributed by atoms with Gasteiger partial charge in [-0.2, -0.15) is 0 Å². The number of nitro groups is 1. The molecule has 0 spiro atoms. The molecule has 1 N–H and O–H groups in total. The molecule has 1 aromatic heterocycles. The average Bonchev–Trinajstić information content (AvgIpc) is 2.90. The van der Waals surface area contributed by atoms with Gasteiger partial charge in [0.2, 0.25) is 5.76 Å². The van der Waals surface area contributed by atoms with Crippen LogP contribution in [0, 0.1) is 16.0 Å². The van der Waals surface area contributed by atoms with Gasteiger partial charge >= 0.3 is 11.9 Å². The van der Waals surface area contributed by atoms with Gasteiger partial charge in [-0.15, -0.1) is 0 Å². The lowest BCUT2D eigenvalue weighted by molar-refractivity contribution is -0.862. The second kappa shape index (κ2) is 6.71. The molecular weight excluding hydrogens is 276 g/mol. The Hall–Kier alpha value is -1.89. The maximum absolute atomic E-state index is 12.0. The molecule has 0 aliphatic heterocycles. The molecule has 0 radical (unpaired) electrons. The first-order valence-corrected chi connectivity index (χ1v) is 7.21. The predicted molar refractivity (Wildman–Crippen MR) is 74.2 cm³/mol. The quantitative estimate of drug-likeness (QED) is 0.498. The molecule has 21 heavy (non-hydrogen) atoms. The van der Waals surface area contributed by atoms with E-state index in [1.807, 2.05) is 0 Å². The van der Waals surface area contributed by atoms with E-state index in [0.29, 0.717) is 5.92 Å². The van der Waals surface area contributed by atoms with Gasteiger partial charge in [-0.25, -0.2) is 4.79 Å². The van der Waals surface area contributed by atoms with Gasteiger partial charge in [0.1, 0.15) is 11.0 Å². The van der Waals surface area contributed by atoms with Gasteiger partial charge in [0, 0.05) is 5.92 Å². The lowest BCUT2D eigenvalue weighted by Gasteiger charge is -2.31. The van der Waals surface area contributed by atoms with Crippen LogP contribution in [-0.4, -0.2) is 37.6 Å². The summed E-state index contributed by atoms with van der Waals surface area (Å²) in [7, 11) is 4.15. The summed E-state index contributed by atoms with van der Waals surface area (Å²) in [5, 5.41) is 10.6. The first-order chi connectivity index (χ1) is 9.97. The molecule has 1 aliphatic rings. The maximum atomic E-state index is 12.0. The first kappa shape index (κ1) is 15.5. The Morgan fingerprint density at radius 2 is 2.14 bits per heavy atom. The molecule has 7 nitrogen and oxygen atoms in total. The van der Waals surface area contributed by atoms with Crippen LogP contribution in [-0.2, 0) is 4.74 Å². The number of esters is 1. The van der Waals surface area contributed by atoms with Crippen LogP contribution in [0.5, 0.6) is 0 Å². The van der Waals surface area contributed by atoms with Crippen LogP contribution < -0.4 is 4.90 Å². The number of hydrogen-bond acceptors (Lipinski definition) is 5. The lowest BCUT2D eigenvalue weighted by Crippen LogP contribution is -3.06. The Morgan fingerprint density at radius 3 is 2.76 bits per heavy atom. The van der Waals surface area contributed by atoms with E-state index in [4.69, 9.17) is 9.15 Å². The molecule has 1 fully saturated rings. The Bertz CT molecular complexity index is 511. The van der Waals surface area contributed by atoms with Crippen LogP contribution >= 0.6 is 0 Å². The third kappa shape index (κ3) is 4.04. The van der Waals surface area contributed by atoms with Crippen LogP contribution in [0.25, 0.3) is 0 Å². The van der Waals surface area contributed by atoms with E-state index < -0.39 is 16.8 Å². The number of nitrogens with one attached hydrogen (secondary N) is 1. The summed E-state index contributed by atoms with van der Waals surface area (Å²) in [4.78, 5) is 23.2. The maximum Gasteiger partial charge on any atom is 0.433 e. The standard InChI is InChI=1S/C14H20N2O5/c1-15(2)9-10-5-3-4-6-11(10)21-14(17)12-7-8-13(20-12)16(18)19/h7-8,10-11H,3-6,9H2,1-2H3/p+1/t10-,11+/m1/s1. The van der Waals surface area contributed by atoms with E-state index in [2.05, 4.69) is 14.1 Å². The van der Waals surface area contributed by atoms with Crippen molar-refractivity contribution in [3.05, 3.63) is 28.0 Å². The number of quaternary nitrogens is 1. The van der Waals surface area contributed by atoms with Gasteiger partial charge in [0.25, 0.3) is 0 Å². The summed E-state index contributed by atoms with van der Waals surface area (Å²) in [5.41, 5.74) is 0. The summed E-state index contributed by atoms with van der Waals surface area (Å²) in [6.45, 7) is 0.941. The highest BCUT2D eigenvalue weighted by Gasteiger charge is 2.31. The van der Waals surface area contributed by atoms with Gasteiger partial charge < -0.3 is 14.1 Å². The van der Waals surface area contributed by atoms with E-state index in [9.17, 15) is 14.9 Å². The monoisotopic (exact) mass is 297 g/mol. The molecule has 0 aromatic carbocycles. The second-order valence-electron chi connectivity index (χ2n) is 5.79. The normalized spacial score (nSPS) is 22.2. The van der Waals surface area contributed by atoms with Crippen molar-refractivity contribution in [3.8, 4) is 0 Å². The number of furan rings is 1. The minimum absolute atomic E-state index is 0.108. The molecule has 116 valence electrons. The van der Waals surface area contributed by atoms with E-state index >= 15 is 0 Å². The zero-order valence-corrected chi connectivity index (χ0v) is 12.3. The first-order valence-electron chi connectivity index (χ1n) is 7.21. The summed E-state index contributed by atoms with van der Waals surface area (Å²) < 4.78 is 10.4. The summed E-state index contributed by atoms with van der Waals surface area (Å²) >= 11 is 0. The van der Waals surface area contributed by atoms with E-state index in [1.54, 1.807) is 0 Å². The van der Waals surface area contributed by atoms with Crippen molar-refractivity contribution in [1.29, 1.82) is 0 Å². The van der Waals surface area contributed by atoms with E-state index in [1.165, 1.54) is 17.0 Å². The van der Waals surface area contributed by atoms with E-state index in [-0.39, 0.29) is 11.9 Å². The van der Waals surface area contributed by atoms with Gasteiger partial charge in [-0.1, -0.05) is 6.42 Å². The Morgan fingerprint density at radius 1 is 1.43 bits per heavy atom. The SMILES string of the molecule is C[NH+](C)C[C@H]1CCCC[C@@H]1OC(=O)c1ccc([N+](=O)[O-])o1. The Balaban J connectivity index is 2.00. The third-order valence-electron chi connectivity index (χ3n) is 3.74. The van der Waals surface area contributed by atoms with Crippen LogP contribution in [0.3, 0.4) is 0 Å². The molecule has 1 aliphatic carbocycles. The number of nitrogens with zero attached hydrogens (tertiary/aromatic N) is 1. The summed E-state index contributed by atoms with van der Waals surface area (Å²) in [5.74, 6) is -0.838. The van der Waals surface area contributed by atoms with Gasteiger partial charge in [-0.05, 0) is 25.3 Å². The third-order valence-corrected chi connectivity index (χ3v) is 3.74. The molecule has 0 saturated heterocycles. The zero-order chi connectivity index (χ0) is 15.4. The number of rotatable bonds is 5. The molecule has 2 rings (SSSR count). The minimum atomic E-state index is -0.671. The topological polar surface area (TPSA) is 87.0 Å². The fourth-order valence-electron chi connectivity index (χ4n) is 2.82. The van der Waals surface area contributed by atoms with Crippen LogP contribution in [0.15, 0.2) is 16.5 Å². The number of hydrogen-bond donors (Lipinski definition) is 1. The summed E-state index contributed by atoms with van der Waals surface area (Å²) in [6, 6.07) is 2.45. The van der Waals surface area contributed by atoms with Crippen molar-refractivity contribution in [2.24, 2.45) is 5.92 Å². The van der Waals surface area contributed by atoms with Crippen LogP contribution in [0.2, 0.25) is 0 Å². The predicted octanol–water partition coefficient (Wildman–Crippen LogP) is 1.05. The molecule has 1 saturated carbocycles. The fraction of sp³-hybridized carbons (Fsp3) is 0.643. The molecule has 1 heterocycles. The molecule has 0 amide bonds. The molecular formula is C14H21N2O5+. The van der Waals surface area contributed by atoms with Crippen molar-refractivity contribution >= 4 is 11.9 Å². The van der Waals surface area contributed by atoms with Crippen molar-refractivity contribution in [1.82, 2.24) is 0 Å². The highest BCUT2D eigenvalue weighted by atomic mass is 16.7. The Kier molecular flexibility index (Phi) is 4.95. The van der Waals surface area contributed by atoms with Gasteiger partial charge in [0.15, 0.2) is 0 Å². The highest BCUT2D eigenvalue weighted by molar-refractivity contribution is 5.86. The smallest absolute Gasteiger partial charge is 0.433 e. The van der Waals surface area contributed by atoms with Crippen LogP contribution in [0.1, 0.15) is 36.2 Å². The van der Waals surface area contributed by atoms with Crippen molar-refractivity contribution in [3.63, 3.8) is 0 Å². The lowest BCUT2D eigenvalue weighted by atomic mass is 9.86. The van der Waals surface area contributed by atoms with Gasteiger partial charge in [0.05, 0.1) is 26.7 Å². The molecule has 7 heteroatoms. The minimum Gasteiger partial charge on any atom is -0.456 e. The van der Waals surface area contributed by atoms with Gasteiger partial charge in [-0.3, -0.25) is 10.1 Å². The molecule has 0 bridgehead atoms. The highest BCUT2D eigenvalue weighted by Crippen LogP contribution is 2.27. The number of carbonyl (C=O) groups excluding carboxylic acids is 1. The average molecular weight is 297 g/mol. The molecule has 0 unspecified atom stereocenters. The summed E-state index contributed by atoms with van der Waals surface area (Å²) in [6.07, 6.45) is 3.94. The second-order valence-corrected chi connectivity index (χ2v) is 5.79. The molecule has 2 atom stereocenters. The van der Waals surface area contributed by atoms with Crippen molar-refractivity contribution in [2.75, 3.05) is 20.6 Å². The Labute approximate surface area is 123 Å². The van der Waals surface area contributed by atoms with Crippen molar-refractivity contribution in [2.45, 2.75) is 31.8 Å². The molecule has 1 aromatic rings. The van der Waals surface area contributed by atoms with E-state index in [0.717, 1.165) is 32.2 Å². The van der Waals surface area contributed by atoms with Crippen LogP contribution in [0.4, 0.5) is 5.88 Å². The number of carbonyl (C=O) groups is 1. The zero-order valence-electron chi connectivity index (χ0n) is 12.3. The fourth-order valence-corrected chi connectivity index (χ4v) is 2.82. The number of ether oxygens (including phenoxy) is 1. The van der Waals surface area contributed by atoms with Crippen molar-refractivity contribution < 1.29 is 23.8 Å². The largest absolute Gasteiger partial charge is 0.456 e.